The lowest BCUT2D eigenvalue weighted by atomic mass is 10.5. The van der Waals surface area contributed by atoms with Crippen LogP contribution >= 0.6 is 0 Å². The Bertz CT molecular complexity index is 293. The maximum atomic E-state index is 11.2. The molecule has 0 saturated carbocycles. The van der Waals surface area contributed by atoms with Crippen LogP contribution in [0.1, 0.15) is 20.8 Å². The van der Waals surface area contributed by atoms with Gasteiger partial charge in [-0.05, 0) is 20.8 Å². The Kier molecular flexibility index (Phi) is 3.27. The second-order valence-electron chi connectivity index (χ2n) is 2.36. The lowest BCUT2D eigenvalue weighted by Gasteiger charge is -2.03. The van der Waals surface area contributed by atoms with Crippen LogP contribution in [0.2, 0.25) is 0 Å². The zero-order chi connectivity index (χ0) is 9.07. The highest BCUT2D eigenvalue weighted by molar-refractivity contribution is 7.96. The number of hydrogen-bond donors (Lipinski definition) is 0. The molecule has 62 valence electrons. The molecule has 4 heteroatoms. The summed E-state index contributed by atoms with van der Waals surface area (Å²) in [6.07, 6.45) is 1.31. The smallest absolute Gasteiger partial charge is 0.190 e. The Morgan fingerprint density at radius 3 is 2.09 bits per heavy atom. The summed E-state index contributed by atoms with van der Waals surface area (Å²) in [5.41, 5.74) is 0. The quantitative estimate of drug-likeness (QED) is 0.590. The standard InChI is InChI=1S/C7H11NO2S/c1-4-7(5-8)11(9,10)6(2)3/h4,6H,1-3H3/b7-4+. The maximum Gasteiger partial charge on any atom is 0.190 e. The molecule has 0 bridgehead atoms. The molecule has 0 atom stereocenters. The molecule has 0 aliphatic heterocycles. The molecule has 0 aromatic heterocycles. The van der Waals surface area contributed by atoms with Gasteiger partial charge in [0, 0.05) is 0 Å². The molecule has 0 amide bonds. The molecule has 0 rings (SSSR count). The van der Waals surface area contributed by atoms with Gasteiger partial charge in [-0.1, -0.05) is 6.08 Å². The van der Waals surface area contributed by atoms with Crippen molar-refractivity contribution in [3.05, 3.63) is 11.0 Å². The fourth-order valence-electron chi connectivity index (χ4n) is 0.546. The largest absolute Gasteiger partial charge is 0.223 e. The first kappa shape index (κ1) is 10.2. The van der Waals surface area contributed by atoms with E-state index in [0.29, 0.717) is 0 Å². The summed E-state index contributed by atoms with van der Waals surface area (Å²) < 4.78 is 22.4. The Labute approximate surface area is 67.3 Å². The van der Waals surface area contributed by atoms with Crippen molar-refractivity contribution >= 4 is 9.84 Å². The summed E-state index contributed by atoms with van der Waals surface area (Å²) in [6, 6.07) is 1.65. The minimum atomic E-state index is -3.34. The van der Waals surface area contributed by atoms with Gasteiger partial charge in [0.05, 0.1) is 5.25 Å². The second-order valence-corrected chi connectivity index (χ2v) is 4.83. The van der Waals surface area contributed by atoms with E-state index in [1.807, 2.05) is 0 Å². The maximum absolute atomic E-state index is 11.2. The summed E-state index contributed by atoms with van der Waals surface area (Å²) in [5.74, 6) is 0. The van der Waals surface area contributed by atoms with E-state index in [2.05, 4.69) is 0 Å². The van der Waals surface area contributed by atoms with Gasteiger partial charge in [0.1, 0.15) is 11.0 Å². The van der Waals surface area contributed by atoms with E-state index in [1.165, 1.54) is 6.08 Å². The van der Waals surface area contributed by atoms with Gasteiger partial charge in [-0.15, -0.1) is 0 Å². The predicted octanol–water partition coefficient (Wildman–Crippen LogP) is 1.24. The molecule has 0 aliphatic carbocycles. The van der Waals surface area contributed by atoms with Crippen molar-refractivity contribution in [1.82, 2.24) is 0 Å². The van der Waals surface area contributed by atoms with E-state index in [0.717, 1.165) is 0 Å². The van der Waals surface area contributed by atoms with Crippen LogP contribution in [0.3, 0.4) is 0 Å². The molecule has 0 unspecified atom stereocenters. The topological polar surface area (TPSA) is 57.9 Å². The van der Waals surface area contributed by atoms with Crippen molar-refractivity contribution in [3.8, 4) is 6.07 Å². The fourth-order valence-corrected chi connectivity index (χ4v) is 1.51. The van der Waals surface area contributed by atoms with Gasteiger partial charge in [-0.3, -0.25) is 0 Å². The first-order chi connectivity index (χ1) is 4.96. The van der Waals surface area contributed by atoms with Crippen molar-refractivity contribution < 1.29 is 8.42 Å². The van der Waals surface area contributed by atoms with Crippen LogP contribution in [0.25, 0.3) is 0 Å². The lowest BCUT2D eigenvalue weighted by Crippen LogP contribution is -2.14. The first-order valence-electron chi connectivity index (χ1n) is 3.27. The minimum absolute atomic E-state index is 0.146. The number of sulfone groups is 1. The van der Waals surface area contributed by atoms with E-state index in [9.17, 15) is 8.42 Å². The van der Waals surface area contributed by atoms with E-state index in [-0.39, 0.29) is 4.91 Å². The number of hydrogen-bond acceptors (Lipinski definition) is 3. The Hall–Kier alpha value is -0.820. The highest BCUT2D eigenvalue weighted by Gasteiger charge is 2.20. The molecule has 0 radical (unpaired) electrons. The number of nitrogens with zero attached hydrogens (tertiary/aromatic N) is 1. The van der Waals surface area contributed by atoms with Gasteiger partial charge in [0.15, 0.2) is 9.84 Å². The summed E-state index contributed by atoms with van der Waals surface area (Å²) in [5, 5.41) is 7.89. The molecule has 0 fully saturated rings. The van der Waals surface area contributed by atoms with Crippen LogP contribution in [0.15, 0.2) is 11.0 Å². The number of allylic oxidation sites excluding steroid dienone is 2. The molecule has 0 aromatic carbocycles. The van der Waals surface area contributed by atoms with Gasteiger partial charge in [-0.2, -0.15) is 5.26 Å². The third kappa shape index (κ3) is 2.05. The molecular weight excluding hydrogens is 162 g/mol. The Morgan fingerprint density at radius 1 is 1.55 bits per heavy atom. The van der Waals surface area contributed by atoms with Gasteiger partial charge in [0.25, 0.3) is 0 Å². The SMILES string of the molecule is C/C=C(\C#N)S(=O)(=O)C(C)C. The molecule has 0 spiro atoms. The van der Waals surface area contributed by atoms with Crippen molar-refractivity contribution in [1.29, 1.82) is 5.26 Å². The van der Waals surface area contributed by atoms with Gasteiger partial charge in [-0.25, -0.2) is 8.42 Å². The molecule has 0 saturated heterocycles. The molecule has 0 heterocycles. The average molecular weight is 173 g/mol. The second kappa shape index (κ2) is 3.54. The first-order valence-corrected chi connectivity index (χ1v) is 4.81. The zero-order valence-corrected chi connectivity index (χ0v) is 7.64. The highest BCUT2D eigenvalue weighted by atomic mass is 32.2. The number of nitriles is 1. The van der Waals surface area contributed by atoms with Crippen LogP contribution in [0.4, 0.5) is 0 Å². The Morgan fingerprint density at radius 2 is 2.00 bits per heavy atom. The minimum Gasteiger partial charge on any atom is -0.223 e. The van der Waals surface area contributed by atoms with Crippen LogP contribution in [0, 0.1) is 11.3 Å². The Balaban J connectivity index is 5.05. The third-order valence-electron chi connectivity index (χ3n) is 1.30. The van der Waals surface area contributed by atoms with E-state index < -0.39 is 15.1 Å². The molecule has 0 N–H and O–H groups in total. The van der Waals surface area contributed by atoms with Crippen molar-refractivity contribution in [2.75, 3.05) is 0 Å². The summed E-state index contributed by atoms with van der Waals surface area (Å²) >= 11 is 0. The zero-order valence-electron chi connectivity index (χ0n) is 6.83. The molecule has 11 heavy (non-hydrogen) atoms. The molecular formula is C7H11NO2S. The summed E-state index contributed by atoms with van der Waals surface area (Å²) in [6.45, 7) is 4.64. The molecule has 0 aliphatic rings. The highest BCUT2D eigenvalue weighted by Crippen LogP contribution is 2.11. The summed E-state index contributed by atoms with van der Waals surface area (Å²) in [4.78, 5) is -0.146. The van der Waals surface area contributed by atoms with Crippen molar-refractivity contribution in [3.63, 3.8) is 0 Å². The molecule has 3 nitrogen and oxygen atoms in total. The van der Waals surface area contributed by atoms with E-state index in [4.69, 9.17) is 5.26 Å². The van der Waals surface area contributed by atoms with E-state index >= 15 is 0 Å². The number of rotatable bonds is 2. The van der Waals surface area contributed by atoms with Crippen LogP contribution in [0.5, 0.6) is 0 Å². The van der Waals surface area contributed by atoms with Gasteiger partial charge < -0.3 is 0 Å². The fraction of sp³-hybridized carbons (Fsp3) is 0.571. The van der Waals surface area contributed by atoms with Gasteiger partial charge >= 0.3 is 0 Å². The average Bonchev–Trinajstić information content (AvgIpc) is 1.89. The van der Waals surface area contributed by atoms with E-state index in [1.54, 1.807) is 26.8 Å². The van der Waals surface area contributed by atoms with Crippen molar-refractivity contribution in [2.24, 2.45) is 0 Å². The third-order valence-corrected chi connectivity index (χ3v) is 3.48. The summed E-state index contributed by atoms with van der Waals surface area (Å²) in [7, 11) is -3.34. The van der Waals surface area contributed by atoms with Crippen LogP contribution in [-0.4, -0.2) is 13.7 Å². The lowest BCUT2D eigenvalue weighted by molar-refractivity contribution is 0.594. The van der Waals surface area contributed by atoms with Crippen LogP contribution in [-0.2, 0) is 9.84 Å². The predicted molar refractivity (Wildman–Crippen MR) is 43.4 cm³/mol. The normalized spacial score (nSPS) is 13.2. The van der Waals surface area contributed by atoms with Crippen molar-refractivity contribution in [2.45, 2.75) is 26.0 Å². The van der Waals surface area contributed by atoms with Gasteiger partial charge in [0.2, 0.25) is 0 Å². The van der Waals surface area contributed by atoms with Crippen LogP contribution < -0.4 is 0 Å². The molecule has 0 aromatic rings. The monoisotopic (exact) mass is 173 g/mol.